The van der Waals surface area contributed by atoms with E-state index in [-0.39, 0.29) is 0 Å². The molecule has 0 radical (unpaired) electrons. The number of piperidine rings is 2. The molecule has 0 amide bonds. The Balaban J connectivity index is 1.11. The Morgan fingerprint density at radius 3 is 2.42 bits per heavy atom. The summed E-state index contributed by atoms with van der Waals surface area (Å²) >= 11 is 6.72. The molecular formula is C32H35ClN8O2. The molecular weight excluding hydrogens is 564 g/mol. The van der Waals surface area contributed by atoms with Crippen molar-refractivity contribution in [2.45, 2.75) is 38.1 Å². The summed E-state index contributed by atoms with van der Waals surface area (Å²) in [5, 5.41) is 13.2. The van der Waals surface area contributed by atoms with Gasteiger partial charge in [0.05, 0.1) is 19.2 Å². The topological polar surface area (TPSA) is 92.9 Å². The smallest absolute Gasteiger partial charge is 0.229 e. The van der Waals surface area contributed by atoms with Crippen molar-refractivity contribution in [1.82, 2.24) is 29.5 Å². The molecule has 222 valence electrons. The molecule has 2 fully saturated rings. The fraction of sp³-hybridized carbons (Fsp3) is 0.375. The molecule has 2 aliphatic rings. The Kier molecular flexibility index (Phi) is 7.63. The van der Waals surface area contributed by atoms with Crippen LogP contribution in [0.25, 0.3) is 27.8 Å². The molecule has 2 aromatic carbocycles. The van der Waals surface area contributed by atoms with Crippen LogP contribution < -0.4 is 19.7 Å². The third-order valence-corrected chi connectivity index (χ3v) is 9.12. The molecule has 0 bridgehead atoms. The molecule has 5 aromatic rings. The molecule has 7 rings (SSSR count). The fourth-order valence-electron chi connectivity index (χ4n) is 6.42. The zero-order valence-electron chi connectivity index (χ0n) is 24.5. The van der Waals surface area contributed by atoms with Gasteiger partial charge in [0.15, 0.2) is 11.3 Å². The minimum absolute atomic E-state index is 0.460. The van der Waals surface area contributed by atoms with E-state index in [4.69, 9.17) is 26.1 Å². The van der Waals surface area contributed by atoms with Crippen molar-refractivity contribution in [3.8, 4) is 22.6 Å². The normalized spacial score (nSPS) is 16.6. The zero-order chi connectivity index (χ0) is 29.3. The number of nitrogens with one attached hydrogen (secondary N) is 1. The number of fused-ring (bicyclic) bond motifs is 3. The zero-order valence-corrected chi connectivity index (χ0v) is 25.2. The maximum atomic E-state index is 6.72. The molecule has 0 saturated carbocycles. The van der Waals surface area contributed by atoms with Gasteiger partial charge in [0.25, 0.3) is 0 Å². The highest BCUT2D eigenvalue weighted by molar-refractivity contribution is 6.35. The van der Waals surface area contributed by atoms with Crippen LogP contribution in [-0.4, -0.2) is 75.9 Å². The summed E-state index contributed by atoms with van der Waals surface area (Å²) in [7, 11) is 3.18. The van der Waals surface area contributed by atoms with Crippen LogP contribution in [0.15, 0.2) is 55.0 Å². The first kappa shape index (κ1) is 27.7. The summed E-state index contributed by atoms with van der Waals surface area (Å²) in [4.78, 5) is 14.7. The number of aromatic nitrogens is 5. The van der Waals surface area contributed by atoms with Crippen molar-refractivity contribution in [2.24, 2.45) is 0 Å². The van der Waals surface area contributed by atoms with E-state index in [1.54, 1.807) is 32.8 Å². The maximum Gasteiger partial charge on any atom is 0.229 e. The van der Waals surface area contributed by atoms with Gasteiger partial charge in [-0.05, 0) is 75.2 Å². The number of anilines is 3. The Labute approximate surface area is 255 Å². The Bertz CT molecular complexity index is 1740. The molecule has 0 unspecified atom stereocenters. The molecule has 2 aliphatic heterocycles. The van der Waals surface area contributed by atoms with Gasteiger partial charge in [-0.25, -0.2) is 4.98 Å². The lowest BCUT2D eigenvalue weighted by Crippen LogP contribution is -2.46. The van der Waals surface area contributed by atoms with Crippen molar-refractivity contribution in [2.75, 3.05) is 50.6 Å². The Morgan fingerprint density at radius 2 is 1.67 bits per heavy atom. The summed E-state index contributed by atoms with van der Waals surface area (Å²) in [6.45, 7) is 4.76. The van der Waals surface area contributed by atoms with E-state index in [0.717, 1.165) is 41.3 Å². The minimum atomic E-state index is 0.460. The van der Waals surface area contributed by atoms with Crippen LogP contribution in [0, 0.1) is 0 Å². The number of nitrogens with zero attached hydrogens (tertiary/aromatic N) is 7. The highest BCUT2D eigenvalue weighted by atomic mass is 35.5. The van der Waals surface area contributed by atoms with Gasteiger partial charge in [-0.1, -0.05) is 18.0 Å². The molecule has 2 saturated heterocycles. The quantitative estimate of drug-likeness (QED) is 0.235. The average Bonchev–Trinajstić information content (AvgIpc) is 3.56. The van der Waals surface area contributed by atoms with Crippen LogP contribution in [-0.2, 0) is 0 Å². The summed E-state index contributed by atoms with van der Waals surface area (Å²) in [5.41, 5.74) is 4.97. The number of likely N-dealkylation sites (tertiary alicyclic amines) is 1. The molecule has 10 nitrogen and oxygen atoms in total. The van der Waals surface area contributed by atoms with Gasteiger partial charge in [0.2, 0.25) is 5.95 Å². The van der Waals surface area contributed by atoms with Crippen LogP contribution in [0.2, 0.25) is 5.02 Å². The summed E-state index contributed by atoms with van der Waals surface area (Å²) in [6.07, 6.45) is 10.0. The van der Waals surface area contributed by atoms with Crippen LogP contribution in [0.5, 0.6) is 11.5 Å². The van der Waals surface area contributed by atoms with E-state index in [9.17, 15) is 0 Å². The SMILES string of the molecule is COc1cc(OC)c(Cl)c(-c2cc3cnc(Nc4ccc(N5CCC(N6CCCCC6)CC5)cc4)nc3n3cnnc23)c1. The molecule has 0 spiro atoms. The monoisotopic (exact) mass is 598 g/mol. The van der Waals surface area contributed by atoms with Gasteiger partial charge in [0.1, 0.15) is 17.8 Å². The van der Waals surface area contributed by atoms with Gasteiger partial charge in [-0.2, -0.15) is 4.98 Å². The number of methoxy groups -OCH3 is 2. The maximum absolute atomic E-state index is 6.72. The summed E-state index contributed by atoms with van der Waals surface area (Å²) < 4.78 is 12.8. The van der Waals surface area contributed by atoms with Crippen molar-refractivity contribution < 1.29 is 9.47 Å². The van der Waals surface area contributed by atoms with Crippen molar-refractivity contribution >= 4 is 45.6 Å². The average molecular weight is 599 g/mol. The molecule has 0 aliphatic carbocycles. The number of rotatable bonds is 7. The van der Waals surface area contributed by atoms with E-state index in [0.29, 0.717) is 33.8 Å². The second-order valence-electron chi connectivity index (χ2n) is 11.2. The first-order chi connectivity index (χ1) is 21.1. The molecule has 43 heavy (non-hydrogen) atoms. The highest BCUT2D eigenvalue weighted by Gasteiger charge is 2.25. The number of pyridine rings is 1. The van der Waals surface area contributed by atoms with Crippen LogP contribution >= 0.6 is 11.6 Å². The van der Waals surface area contributed by atoms with E-state index >= 15 is 0 Å². The molecule has 5 heterocycles. The second kappa shape index (κ2) is 11.9. The fourth-order valence-corrected chi connectivity index (χ4v) is 6.71. The lowest BCUT2D eigenvalue weighted by Gasteiger charge is -2.41. The Morgan fingerprint density at radius 1 is 0.884 bits per heavy atom. The van der Waals surface area contributed by atoms with Crippen molar-refractivity contribution in [3.05, 3.63) is 60.0 Å². The van der Waals surface area contributed by atoms with E-state index in [2.05, 4.69) is 54.6 Å². The largest absolute Gasteiger partial charge is 0.497 e. The second-order valence-corrected chi connectivity index (χ2v) is 11.6. The molecule has 11 heteroatoms. The lowest BCUT2D eigenvalue weighted by molar-refractivity contribution is 0.141. The first-order valence-electron chi connectivity index (χ1n) is 14.9. The third-order valence-electron chi connectivity index (χ3n) is 8.73. The van der Waals surface area contributed by atoms with Gasteiger partial charge < -0.3 is 24.6 Å². The van der Waals surface area contributed by atoms with Crippen LogP contribution in [0.4, 0.5) is 17.3 Å². The van der Waals surface area contributed by atoms with Crippen LogP contribution in [0.3, 0.4) is 0 Å². The standard InChI is InChI=1S/C32H35ClN8O2/c1-42-25-17-26(29(33)28(18-25)43-2)27-16-21-19-34-32(37-30(21)41-20-35-38-31(27)41)36-22-6-8-23(9-7-22)40-14-10-24(11-15-40)39-12-4-3-5-13-39/h6-9,16-20,24H,3-5,10-15H2,1-2H3,(H,34,36,37). The number of hydrogen-bond acceptors (Lipinski definition) is 9. The highest BCUT2D eigenvalue weighted by Crippen LogP contribution is 2.41. The van der Waals surface area contributed by atoms with Crippen molar-refractivity contribution in [3.63, 3.8) is 0 Å². The van der Waals surface area contributed by atoms with E-state index in [1.807, 2.05) is 16.5 Å². The third kappa shape index (κ3) is 5.41. The van der Waals surface area contributed by atoms with E-state index in [1.165, 1.54) is 50.9 Å². The number of hydrogen-bond donors (Lipinski definition) is 1. The Hall–Kier alpha value is -4.15. The molecule has 0 atom stereocenters. The predicted molar refractivity (Wildman–Crippen MR) is 170 cm³/mol. The molecule has 1 N–H and O–H groups in total. The van der Waals surface area contributed by atoms with Gasteiger partial charge in [-0.15, -0.1) is 10.2 Å². The van der Waals surface area contributed by atoms with Crippen LogP contribution in [0.1, 0.15) is 32.1 Å². The van der Waals surface area contributed by atoms with Gasteiger partial charge >= 0.3 is 0 Å². The number of ether oxygens (including phenoxy) is 2. The van der Waals surface area contributed by atoms with Gasteiger partial charge in [-0.3, -0.25) is 4.40 Å². The molecule has 3 aromatic heterocycles. The number of benzene rings is 2. The first-order valence-corrected chi connectivity index (χ1v) is 15.3. The van der Waals surface area contributed by atoms with Crippen molar-refractivity contribution in [1.29, 1.82) is 0 Å². The van der Waals surface area contributed by atoms with Gasteiger partial charge in [0, 0.05) is 59.3 Å². The summed E-state index contributed by atoms with van der Waals surface area (Å²) in [5.74, 6) is 1.63. The minimum Gasteiger partial charge on any atom is -0.497 e. The number of halogens is 1. The predicted octanol–water partition coefficient (Wildman–Crippen LogP) is 6.21. The lowest BCUT2D eigenvalue weighted by atomic mass is 9.99. The van der Waals surface area contributed by atoms with E-state index < -0.39 is 0 Å². The summed E-state index contributed by atoms with van der Waals surface area (Å²) in [6, 6.07) is 14.9.